The number of ether oxygens (including phenoxy) is 3. The molecule has 29 heavy (non-hydrogen) atoms. The minimum Gasteiger partial charge on any atom is -0.486 e. The number of nitrogens with one attached hydrogen (secondary N) is 2. The Morgan fingerprint density at radius 1 is 1.00 bits per heavy atom. The Hall–Kier alpha value is -3.22. The molecule has 0 aromatic heterocycles. The summed E-state index contributed by atoms with van der Waals surface area (Å²) in [6.45, 7) is 8.34. The molecular weight excluding hydrogens is 372 g/mol. The molecule has 7 nitrogen and oxygen atoms in total. The van der Waals surface area contributed by atoms with Crippen LogP contribution in [0.4, 0.5) is 10.5 Å². The molecule has 2 aromatic carbocycles. The van der Waals surface area contributed by atoms with Gasteiger partial charge in [-0.25, -0.2) is 4.79 Å². The van der Waals surface area contributed by atoms with E-state index in [-0.39, 0.29) is 11.9 Å². The van der Waals surface area contributed by atoms with Crippen molar-refractivity contribution >= 4 is 17.7 Å². The molecule has 2 aromatic rings. The monoisotopic (exact) mass is 398 g/mol. The largest absolute Gasteiger partial charge is 0.486 e. The molecule has 7 heteroatoms. The molecule has 1 aliphatic rings. The van der Waals surface area contributed by atoms with Gasteiger partial charge in [0.05, 0.1) is 6.04 Å². The highest BCUT2D eigenvalue weighted by Crippen LogP contribution is 2.32. The molecule has 154 valence electrons. The predicted octanol–water partition coefficient (Wildman–Crippen LogP) is 4.30. The van der Waals surface area contributed by atoms with E-state index in [9.17, 15) is 9.59 Å². The van der Waals surface area contributed by atoms with Gasteiger partial charge in [-0.1, -0.05) is 6.07 Å². The minimum atomic E-state index is -0.575. The lowest BCUT2D eigenvalue weighted by Crippen LogP contribution is -2.27. The van der Waals surface area contributed by atoms with Crippen LogP contribution < -0.4 is 20.1 Å². The van der Waals surface area contributed by atoms with Crippen LogP contribution in [0.2, 0.25) is 0 Å². The third kappa shape index (κ3) is 5.63. The van der Waals surface area contributed by atoms with Crippen molar-refractivity contribution in [2.24, 2.45) is 0 Å². The third-order valence-corrected chi connectivity index (χ3v) is 4.21. The van der Waals surface area contributed by atoms with Crippen molar-refractivity contribution in [3.05, 3.63) is 53.6 Å². The first-order chi connectivity index (χ1) is 13.7. The molecule has 0 unspecified atom stereocenters. The second-order valence-electron chi connectivity index (χ2n) is 7.80. The van der Waals surface area contributed by atoms with Gasteiger partial charge in [-0.3, -0.25) is 10.1 Å². The molecule has 1 heterocycles. The van der Waals surface area contributed by atoms with Gasteiger partial charge in [0.15, 0.2) is 11.5 Å². The van der Waals surface area contributed by atoms with Gasteiger partial charge < -0.3 is 19.5 Å². The van der Waals surface area contributed by atoms with Gasteiger partial charge in [-0.15, -0.1) is 0 Å². The van der Waals surface area contributed by atoms with Crippen LogP contribution in [0, 0.1) is 0 Å². The van der Waals surface area contributed by atoms with Crippen molar-refractivity contribution in [1.82, 2.24) is 5.32 Å². The standard InChI is InChI=1S/C22H26N2O5/c1-14(16-7-10-18-19(13-16)28-12-11-27-18)23-20(25)15-5-8-17(9-6-15)24-21(26)29-22(2,3)4/h5-10,13-14H,11-12H2,1-4H3,(H,23,25)(H,24,26)/t14-/m0/s1. The minimum absolute atomic E-state index is 0.210. The predicted molar refractivity (Wildman–Crippen MR) is 110 cm³/mol. The zero-order chi connectivity index (χ0) is 21.0. The summed E-state index contributed by atoms with van der Waals surface area (Å²) in [5, 5.41) is 5.60. The van der Waals surface area contributed by atoms with Crippen molar-refractivity contribution in [2.45, 2.75) is 39.3 Å². The fourth-order valence-corrected chi connectivity index (χ4v) is 2.82. The first-order valence-corrected chi connectivity index (χ1v) is 9.52. The van der Waals surface area contributed by atoms with E-state index in [1.165, 1.54) is 0 Å². The molecule has 1 atom stereocenters. The molecule has 0 saturated heterocycles. The van der Waals surface area contributed by atoms with Crippen LogP contribution in [-0.4, -0.2) is 30.8 Å². The van der Waals surface area contributed by atoms with Crippen LogP contribution >= 0.6 is 0 Å². The van der Waals surface area contributed by atoms with Crippen LogP contribution in [-0.2, 0) is 4.74 Å². The van der Waals surface area contributed by atoms with Crippen molar-refractivity contribution in [3.63, 3.8) is 0 Å². The van der Waals surface area contributed by atoms with E-state index in [2.05, 4.69) is 10.6 Å². The molecule has 2 amide bonds. The Morgan fingerprint density at radius 2 is 1.66 bits per heavy atom. The summed E-state index contributed by atoms with van der Waals surface area (Å²) >= 11 is 0. The van der Waals surface area contributed by atoms with Crippen LogP contribution in [0.15, 0.2) is 42.5 Å². The summed E-state index contributed by atoms with van der Waals surface area (Å²) in [7, 11) is 0. The number of fused-ring (bicyclic) bond motifs is 1. The quantitative estimate of drug-likeness (QED) is 0.802. The SMILES string of the molecule is C[C@H](NC(=O)c1ccc(NC(=O)OC(C)(C)C)cc1)c1ccc2c(c1)OCCO2. The van der Waals surface area contributed by atoms with E-state index in [1.807, 2.05) is 25.1 Å². The maximum absolute atomic E-state index is 12.6. The van der Waals surface area contributed by atoms with Gasteiger partial charge in [-0.05, 0) is 69.7 Å². The number of benzene rings is 2. The Balaban J connectivity index is 1.59. The molecule has 2 N–H and O–H groups in total. The molecule has 0 fully saturated rings. The number of amides is 2. The fourth-order valence-electron chi connectivity index (χ4n) is 2.82. The first kappa shape index (κ1) is 20.5. The smallest absolute Gasteiger partial charge is 0.412 e. The molecule has 0 radical (unpaired) electrons. The number of carbonyl (C=O) groups is 2. The Labute approximate surface area is 170 Å². The van der Waals surface area contributed by atoms with Crippen LogP contribution in [0.3, 0.4) is 0 Å². The molecule has 3 rings (SSSR count). The average Bonchev–Trinajstić information content (AvgIpc) is 2.66. The van der Waals surface area contributed by atoms with Gasteiger partial charge in [0, 0.05) is 11.3 Å². The molecule has 0 aliphatic carbocycles. The summed E-state index contributed by atoms with van der Waals surface area (Å²) in [4.78, 5) is 24.4. The van der Waals surface area contributed by atoms with Gasteiger partial charge in [-0.2, -0.15) is 0 Å². The van der Waals surface area contributed by atoms with Gasteiger partial charge in [0.25, 0.3) is 5.91 Å². The van der Waals surface area contributed by atoms with E-state index in [0.717, 1.165) is 5.56 Å². The van der Waals surface area contributed by atoms with Gasteiger partial charge >= 0.3 is 6.09 Å². The third-order valence-electron chi connectivity index (χ3n) is 4.21. The number of hydrogen-bond acceptors (Lipinski definition) is 5. The Kier molecular flexibility index (Phi) is 5.96. The fraction of sp³-hybridized carbons (Fsp3) is 0.364. The van der Waals surface area contributed by atoms with E-state index in [0.29, 0.717) is 36.0 Å². The van der Waals surface area contributed by atoms with E-state index >= 15 is 0 Å². The highest BCUT2D eigenvalue weighted by molar-refractivity contribution is 5.95. The second kappa shape index (κ2) is 8.43. The molecule has 0 bridgehead atoms. The van der Waals surface area contributed by atoms with Crippen LogP contribution in [0.5, 0.6) is 11.5 Å². The molecule has 0 saturated carbocycles. The van der Waals surface area contributed by atoms with Crippen molar-refractivity contribution in [2.75, 3.05) is 18.5 Å². The van der Waals surface area contributed by atoms with Crippen LogP contribution in [0.25, 0.3) is 0 Å². The number of hydrogen-bond donors (Lipinski definition) is 2. The second-order valence-corrected chi connectivity index (χ2v) is 7.80. The van der Waals surface area contributed by atoms with E-state index in [4.69, 9.17) is 14.2 Å². The Morgan fingerprint density at radius 3 is 2.31 bits per heavy atom. The van der Waals surface area contributed by atoms with Crippen LogP contribution in [0.1, 0.15) is 49.7 Å². The highest BCUT2D eigenvalue weighted by Gasteiger charge is 2.18. The lowest BCUT2D eigenvalue weighted by molar-refractivity contribution is 0.0635. The summed E-state index contributed by atoms with van der Waals surface area (Å²) in [6.07, 6.45) is -0.540. The maximum atomic E-state index is 12.6. The highest BCUT2D eigenvalue weighted by atomic mass is 16.6. The summed E-state index contributed by atoms with van der Waals surface area (Å²) in [5.74, 6) is 1.19. The molecule has 1 aliphatic heterocycles. The number of anilines is 1. The summed E-state index contributed by atoms with van der Waals surface area (Å²) in [5.41, 5.74) is 1.39. The zero-order valence-corrected chi connectivity index (χ0v) is 17.1. The van der Waals surface area contributed by atoms with E-state index in [1.54, 1.807) is 45.0 Å². The van der Waals surface area contributed by atoms with Crippen molar-refractivity contribution in [3.8, 4) is 11.5 Å². The number of carbonyl (C=O) groups excluding carboxylic acids is 2. The topological polar surface area (TPSA) is 85.9 Å². The normalized spacial score (nSPS) is 13.9. The van der Waals surface area contributed by atoms with Crippen molar-refractivity contribution in [1.29, 1.82) is 0 Å². The summed E-state index contributed by atoms with van der Waals surface area (Å²) in [6, 6.07) is 12.1. The lowest BCUT2D eigenvalue weighted by Gasteiger charge is -2.21. The number of rotatable bonds is 4. The lowest BCUT2D eigenvalue weighted by atomic mass is 10.1. The molecular formula is C22H26N2O5. The zero-order valence-electron chi connectivity index (χ0n) is 17.1. The van der Waals surface area contributed by atoms with Crippen molar-refractivity contribution < 1.29 is 23.8 Å². The van der Waals surface area contributed by atoms with Gasteiger partial charge in [0.1, 0.15) is 18.8 Å². The average molecular weight is 398 g/mol. The van der Waals surface area contributed by atoms with E-state index < -0.39 is 11.7 Å². The van der Waals surface area contributed by atoms with Gasteiger partial charge in [0.2, 0.25) is 0 Å². The maximum Gasteiger partial charge on any atom is 0.412 e. The molecule has 0 spiro atoms. The first-order valence-electron chi connectivity index (χ1n) is 9.52. The summed E-state index contributed by atoms with van der Waals surface area (Å²) < 4.78 is 16.3. The Bertz CT molecular complexity index is 887.